The highest BCUT2D eigenvalue weighted by Crippen LogP contribution is 2.52. The summed E-state index contributed by atoms with van der Waals surface area (Å²) in [6.45, 7) is 6.94. The molecule has 0 aromatic heterocycles. The molecule has 2 aliphatic rings. The van der Waals surface area contributed by atoms with Crippen LogP contribution in [-0.2, 0) is 28.6 Å². The maximum absolute atomic E-state index is 12.5. The largest absolute Gasteiger partial charge is 0.427 e. The molecule has 2 aliphatic heterocycles. The Morgan fingerprint density at radius 2 is 2.00 bits per heavy atom. The lowest BCUT2D eigenvalue weighted by molar-refractivity contribution is -0.175. The molecule has 0 saturated carbocycles. The lowest BCUT2D eigenvalue weighted by Crippen LogP contribution is -2.62. The van der Waals surface area contributed by atoms with Crippen molar-refractivity contribution in [2.24, 2.45) is 11.1 Å². The lowest BCUT2D eigenvalue weighted by atomic mass is 9.98. The molecule has 1 saturated heterocycles. The third kappa shape index (κ3) is 4.19. The summed E-state index contributed by atoms with van der Waals surface area (Å²) >= 11 is 2.79. The zero-order valence-corrected chi connectivity index (χ0v) is 17.1. The number of amides is 1. The third-order valence-electron chi connectivity index (χ3n) is 3.74. The minimum Gasteiger partial charge on any atom is -0.427 e. The molecule has 10 heteroatoms. The van der Waals surface area contributed by atoms with Crippen LogP contribution in [0, 0.1) is 5.41 Å². The smallest absolute Gasteiger partial charge is 0.359 e. The van der Waals surface area contributed by atoms with E-state index in [1.54, 1.807) is 20.8 Å². The molecule has 0 radical (unpaired) electrons. The topological polar surface area (TPSA) is 108 Å². The molecule has 26 heavy (non-hydrogen) atoms. The van der Waals surface area contributed by atoms with Gasteiger partial charge in [0, 0.05) is 18.9 Å². The SMILES string of the molecule is COC1C(=O)N2C(C(=O)OCOC(=O)C(C)(C)C)=C(SC(C)CN)S[C@H]12. The number of methoxy groups -OCH3 is 1. The Morgan fingerprint density at radius 1 is 1.35 bits per heavy atom. The number of rotatable bonds is 7. The summed E-state index contributed by atoms with van der Waals surface area (Å²) in [6.07, 6.45) is -0.590. The Labute approximate surface area is 161 Å². The average molecular weight is 405 g/mol. The Hall–Kier alpha value is -1.23. The van der Waals surface area contributed by atoms with Crippen molar-refractivity contribution in [3.05, 3.63) is 9.93 Å². The first kappa shape index (κ1) is 21.1. The molecular weight excluding hydrogens is 380 g/mol. The third-order valence-corrected chi connectivity index (χ3v) is 6.42. The minimum atomic E-state index is -0.712. The van der Waals surface area contributed by atoms with Crippen molar-refractivity contribution in [2.75, 3.05) is 20.4 Å². The maximum atomic E-state index is 12.5. The molecule has 0 bridgehead atoms. The van der Waals surface area contributed by atoms with E-state index in [-0.39, 0.29) is 22.2 Å². The van der Waals surface area contributed by atoms with Gasteiger partial charge in [0.25, 0.3) is 5.91 Å². The van der Waals surface area contributed by atoms with Gasteiger partial charge in [-0.15, -0.1) is 11.8 Å². The van der Waals surface area contributed by atoms with E-state index in [1.807, 2.05) is 6.92 Å². The molecule has 146 valence electrons. The van der Waals surface area contributed by atoms with Gasteiger partial charge in [-0.05, 0) is 20.8 Å². The van der Waals surface area contributed by atoms with Crippen LogP contribution >= 0.6 is 23.5 Å². The van der Waals surface area contributed by atoms with Gasteiger partial charge in [0.2, 0.25) is 6.79 Å². The highest BCUT2D eigenvalue weighted by Gasteiger charge is 2.57. The minimum absolute atomic E-state index is 0.0637. The molecular formula is C16H24N2O6S2. The molecule has 2 heterocycles. The highest BCUT2D eigenvalue weighted by atomic mass is 32.2. The van der Waals surface area contributed by atoms with Gasteiger partial charge in [0.15, 0.2) is 11.8 Å². The predicted molar refractivity (Wildman–Crippen MR) is 98.7 cm³/mol. The lowest BCUT2D eigenvalue weighted by Gasteiger charge is -2.40. The number of carbonyl (C=O) groups is 3. The molecule has 0 spiro atoms. The van der Waals surface area contributed by atoms with Gasteiger partial charge in [-0.1, -0.05) is 18.7 Å². The molecule has 2 rings (SSSR count). The zero-order chi connectivity index (χ0) is 19.6. The monoisotopic (exact) mass is 404 g/mol. The first-order valence-electron chi connectivity index (χ1n) is 8.09. The first-order valence-corrected chi connectivity index (χ1v) is 9.85. The van der Waals surface area contributed by atoms with Crippen LogP contribution in [0.4, 0.5) is 0 Å². The fraction of sp³-hybridized carbons (Fsp3) is 0.688. The van der Waals surface area contributed by atoms with Crippen molar-refractivity contribution in [2.45, 2.75) is 44.4 Å². The molecule has 3 atom stereocenters. The molecule has 1 amide bonds. The number of hydrogen-bond donors (Lipinski definition) is 1. The summed E-state index contributed by atoms with van der Waals surface area (Å²) in [5, 5.41) is -0.228. The van der Waals surface area contributed by atoms with Gasteiger partial charge in [-0.3, -0.25) is 14.5 Å². The van der Waals surface area contributed by atoms with Crippen LogP contribution in [0.1, 0.15) is 27.7 Å². The summed E-state index contributed by atoms with van der Waals surface area (Å²) in [7, 11) is 1.46. The Kier molecular flexibility index (Phi) is 6.65. The number of β-lactam (4-membered cyclic amide) rings is 1. The van der Waals surface area contributed by atoms with Gasteiger partial charge in [0.05, 0.1) is 9.65 Å². The quantitative estimate of drug-likeness (QED) is 0.381. The Balaban J connectivity index is 2.08. The van der Waals surface area contributed by atoms with Crippen LogP contribution in [0.15, 0.2) is 9.93 Å². The summed E-state index contributed by atoms with van der Waals surface area (Å²) in [5.41, 5.74) is 5.12. The number of hydrogen-bond acceptors (Lipinski definition) is 9. The molecule has 8 nitrogen and oxygen atoms in total. The van der Waals surface area contributed by atoms with Crippen molar-refractivity contribution < 1.29 is 28.6 Å². The van der Waals surface area contributed by atoms with Crippen molar-refractivity contribution in [3.8, 4) is 0 Å². The molecule has 1 fully saturated rings. The van der Waals surface area contributed by atoms with Gasteiger partial charge >= 0.3 is 11.9 Å². The van der Waals surface area contributed by atoms with Crippen molar-refractivity contribution in [1.29, 1.82) is 0 Å². The fourth-order valence-electron chi connectivity index (χ4n) is 2.19. The van der Waals surface area contributed by atoms with Crippen LogP contribution in [0.5, 0.6) is 0 Å². The molecule has 0 aromatic carbocycles. The molecule has 0 aliphatic carbocycles. The van der Waals surface area contributed by atoms with E-state index < -0.39 is 30.3 Å². The normalized spacial score (nSPS) is 23.5. The summed E-state index contributed by atoms with van der Waals surface area (Å²) in [6, 6.07) is 0. The fourth-order valence-corrected chi connectivity index (χ4v) is 5.13. The first-order chi connectivity index (χ1) is 12.1. The van der Waals surface area contributed by atoms with Crippen LogP contribution in [-0.4, -0.2) is 59.9 Å². The summed E-state index contributed by atoms with van der Waals surface area (Å²) in [4.78, 5) is 37.9. The average Bonchev–Trinajstić information content (AvgIpc) is 2.88. The number of fused-ring (bicyclic) bond motifs is 1. The number of ether oxygens (including phenoxy) is 3. The highest BCUT2D eigenvalue weighted by molar-refractivity contribution is 8.23. The van der Waals surface area contributed by atoms with E-state index in [2.05, 4.69) is 0 Å². The van der Waals surface area contributed by atoms with E-state index in [1.165, 1.54) is 35.5 Å². The van der Waals surface area contributed by atoms with Crippen molar-refractivity contribution >= 4 is 41.4 Å². The van der Waals surface area contributed by atoms with E-state index in [0.29, 0.717) is 10.8 Å². The van der Waals surface area contributed by atoms with Crippen LogP contribution in [0.2, 0.25) is 0 Å². The second kappa shape index (κ2) is 8.20. The van der Waals surface area contributed by atoms with Crippen molar-refractivity contribution in [3.63, 3.8) is 0 Å². The number of carbonyl (C=O) groups excluding carboxylic acids is 3. The van der Waals surface area contributed by atoms with E-state index in [4.69, 9.17) is 19.9 Å². The van der Waals surface area contributed by atoms with Gasteiger partial charge < -0.3 is 19.9 Å². The van der Waals surface area contributed by atoms with E-state index in [0.717, 1.165) is 0 Å². The van der Waals surface area contributed by atoms with Crippen LogP contribution in [0.3, 0.4) is 0 Å². The van der Waals surface area contributed by atoms with Crippen LogP contribution < -0.4 is 5.73 Å². The second-order valence-corrected chi connectivity index (χ2v) is 9.74. The van der Waals surface area contributed by atoms with Crippen LogP contribution in [0.25, 0.3) is 0 Å². The van der Waals surface area contributed by atoms with E-state index >= 15 is 0 Å². The standard InChI is InChI=1S/C16H24N2O6S2/c1-8(6-17)25-14-9(18-11(19)10(22-5)12(18)26-14)13(20)23-7-24-15(21)16(2,3)4/h8,10,12H,6-7,17H2,1-5H3/t8?,10?,12-/m1/s1. The number of nitrogens with two attached hydrogens (primary N) is 1. The van der Waals surface area contributed by atoms with Gasteiger partial charge in [-0.25, -0.2) is 4.79 Å². The van der Waals surface area contributed by atoms with Gasteiger partial charge in [0.1, 0.15) is 5.37 Å². The number of nitrogens with zero attached hydrogens (tertiary/aromatic N) is 1. The summed E-state index contributed by atoms with van der Waals surface area (Å²) < 4.78 is 15.9. The van der Waals surface area contributed by atoms with Crippen molar-refractivity contribution in [1.82, 2.24) is 4.90 Å². The number of esters is 2. The zero-order valence-electron chi connectivity index (χ0n) is 15.4. The maximum Gasteiger partial charge on any atom is 0.359 e. The van der Waals surface area contributed by atoms with E-state index in [9.17, 15) is 14.4 Å². The second-order valence-electron chi connectivity index (χ2n) is 6.90. The summed E-state index contributed by atoms with van der Waals surface area (Å²) in [5.74, 6) is -1.49. The molecule has 2 unspecified atom stereocenters. The number of thioether (sulfide) groups is 2. The Morgan fingerprint density at radius 3 is 2.54 bits per heavy atom. The molecule has 2 N–H and O–H groups in total. The predicted octanol–water partition coefficient (Wildman–Crippen LogP) is 1.26. The van der Waals surface area contributed by atoms with Gasteiger partial charge in [-0.2, -0.15) is 0 Å². The Bertz CT molecular complexity index is 631. The molecule has 0 aromatic rings.